The lowest BCUT2D eigenvalue weighted by atomic mass is 10.2. The minimum atomic E-state index is -1.11. The standard InChI is InChI=1S/C16H16BrNO7S/c1-23-4-3-18-15(21)13(26-16(18)22)6-9-5-11(24-2)12(7-10(9)17)25-8-14(19)20/h5-7H,3-4,8H2,1-2H3,(H,19,20)/b13-6+. The molecule has 1 aromatic rings. The number of hydrogen-bond donors (Lipinski definition) is 1. The first-order chi connectivity index (χ1) is 12.4. The fourth-order valence-corrected chi connectivity index (χ4v) is 3.38. The summed E-state index contributed by atoms with van der Waals surface area (Å²) in [7, 11) is 2.91. The number of carbonyl (C=O) groups is 3. The fraction of sp³-hybridized carbons (Fsp3) is 0.312. The van der Waals surface area contributed by atoms with E-state index in [9.17, 15) is 14.4 Å². The van der Waals surface area contributed by atoms with Gasteiger partial charge < -0.3 is 19.3 Å². The summed E-state index contributed by atoms with van der Waals surface area (Å²) in [5.41, 5.74) is 0.585. The second-order valence-electron chi connectivity index (χ2n) is 5.03. The van der Waals surface area contributed by atoms with E-state index >= 15 is 0 Å². The van der Waals surface area contributed by atoms with Crippen molar-refractivity contribution in [1.82, 2.24) is 4.90 Å². The van der Waals surface area contributed by atoms with Gasteiger partial charge >= 0.3 is 5.97 Å². The van der Waals surface area contributed by atoms with E-state index in [0.29, 0.717) is 15.8 Å². The predicted octanol–water partition coefficient (Wildman–Crippen LogP) is 2.60. The van der Waals surface area contributed by atoms with Crippen LogP contribution in [0.15, 0.2) is 21.5 Å². The Labute approximate surface area is 162 Å². The first kappa shape index (κ1) is 20.3. The molecule has 1 N–H and O–H groups in total. The number of hydrogen-bond acceptors (Lipinski definition) is 7. The highest BCUT2D eigenvalue weighted by Crippen LogP contribution is 2.37. The Balaban J connectivity index is 2.28. The van der Waals surface area contributed by atoms with E-state index in [2.05, 4.69) is 15.9 Å². The molecule has 10 heteroatoms. The number of rotatable bonds is 8. The summed E-state index contributed by atoms with van der Waals surface area (Å²) >= 11 is 4.19. The van der Waals surface area contributed by atoms with Crippen LogP contribution >= 0.6 is 27.7 Å². The van der Waals surface area contributed by atoms with Crippen molar-refractivity contribution < 1.29 is 33.7 Å². The van der Waals surface area contributed by atoms with E-state index in [4.69, 9.17) is 19.3 Å². The molecule has 2 rings (SSSR count). The zero-order chi connectivity index (χ0) is 19.3. The number of carboxylic acids is 1. The summed E-state index contributed by atoms with van der Waals surface area (Å²) in [6.07, 6.45) is 1.56. The van der Waals surface area contributed by atoms with Crippen LogP contribution in [0.25, 0.3) is 6.08 Å². The first-order valence-electron chi connectivity index (χ1n) is 7.33. The van der Waals surface area contributed by atoms with Gasteiger partial charge in [-0.3, -0.25) is 14.5 Å². The molecule has 0 bridgehead atoms. The van der Waals surface area contributed by atoms with E-state index in [1.54, 1.807) is 18.2 Å². The lowest BCUT2D eigenvalue weighted by Crippen LogP contribution is -2.31. The topological polar surface area (TPSA) is 102 Å². The molecule has 26 heavy (non-hydrogen) atoms. The molecular formula is C16H16BrNO7S. The minimum absolute atomic E-state index is 0.185. The molecule has 1 aliphatic heterocycles. The van der Waals surface area contributed by atoms with E-state index in [0.717, 1.165) is 16.7 Å². The van der Waals surface area contributed by atoms with Gasteiger partial charge in [0.2, 0.25) is 0 Å². The number of methoxy groups -OCH3 is 2. The predicted molar refractivity (Wildman–Crippen MR) is 98.4 cm³/mol. The lowest BCUT2D eigenvalue weighted by Gasteiger charge is -2.12. The lowest BCUT2D eigenvalue weighted by molar-refractivity contribution is -0.139. The molecule has 0 aliphatic carbocycles. The van der Waals surface area contributed by atoms with Gasteiger partial charge in [0.05, 0.1) is 25.2 Å². The van der Waals surface area contributed by atoms with Crippen LogP contribution in [0.2, 0.25) is 0 Å². The number of carboxylic acid groups (broad SMARTS) is 1. The molecule has 0 unspecified atom stereocenters. The van der Waals surface area contributed by atoms with E-state index < -0.39 is 18.5 Å². The summed E-state index contributed by atoms with van der Waals surface area (Å²) in [5.74, 6) is -0.961. The molecule has 1 heterocycles. The van der Waals surface area contributed by atoms with Crippen molar-refractivity contribution in [1.29, 1.82) is 0 Å². The number of carbonyl (C=O) groups excluding carboxylic acids is 2. The van der Waals surface area contributed by atoms with Crippen LogP contribution < -0.4 is 9.47 Å². The maximum Gasteiger partial charge on any atom is 0.341 e. The highest BCUT2D eigenvalue weighted by atomic mass is 79.9. The first-order valence-corrected chi connectivity index (χ1v) is 8.94. The average Bonchev–Trinajstić information content (AvgIpc) is 2.86. The molecule has 0 radical (unpaired) electrons. The highest BCUT2D eigenvalue weighted by molar-refractivity contribution is 9.10. The number of halogens is 1. The van der Waals surface area contributed by atoms with Gasteiger partial charge in [-0.05, 0) is 35.5 Å². The van der Waals surface area contributed by atoms with Gasteiger partial charge in [-0.2, -0.15) is 0 Å². The summed E-state index contributed by atoms with van der Waals surface area (Å²) in [4.78, 5) is 36.4. The zero-order valence-electron chi connectivity index (χ0n) is 14.0. The number of ether oxygens (including phenoxy) is 3. The molecule has 1 fully saturated rings. The number of nitrogens with zero attached hydrogens (tertiary/aromatic N) is 1. The second-order valence-corrected chi connectivity index (χ2v) is 6.88. The van der Waals surface area contributed by atoms with Gasteiger partial charge in [0.15, 0.2) is 18.1 Å². The fourth-order valence-electron chi connectivity index (χ4n) is 2.09. The number of imide groups is 1. The zero-order valence-corrected chi connectivity index (χ0v) is 16.4. The molecular weight excluding hydrogens is 430 g/mol. The third kappa shape index (κ3) is 4.77. The molecule has 0 saturated carbocycles. The third-order valence-electron chi connectivity index (χ3n) is 3.31. The van der Waals surface area contributed by atoms with Crippen molar-refractivity contribution in [3.8, 4) is 11.5 Å². The van der Waals surface area contributed by atoms with Gasteiger partial charge in [-0.25, -0.2) is 4.79 Å². The Hall–Kier alpha value is -2.04. The number of amides is 2. The van der Waals surface area contributed by atoms with Crippen molar-refractivity contribution >= 4 is 50.9 Å². The second kappa shape index (κ2) is 9.06. The highest BCUT2D eigenvalue weighted by Gasteiger charge is 2.34. The van der Waals surface area contributed by atoms with Crippen molar-refractivity contribution in [3.63, 3.8) is 0 Å². The Morgan fingerprint density at radius 2 is 2.04 bits per heavy atom. The molecule has 1 saturated heterocycles. The van der Waals surface area contributed by atoms with Crippen LogP contribution in [0.4, 0.5) is 4.79 Å². The summed E-state index contributed by atoms with van der Waals surface area (Å²) < 4.78 is 15.8. The number of thioether (sulfide) groups is 1. The molecule has 140 valence electrons. The van der Waals surface area contributed by atoms with Crippen LogP contribution in [-0.2, 0) is 14.3 Å². The maximum atomic E-state index is 12.4. The summed E-state index contributed by atoms with van der Waals surface area (Å²) in [5, 5.41) is 8.36. The number of aliphatic carboxylic acids is 1. The monoisotopic (exact) mass is 445 g/mol. The Bertz CT molecular complexity index is 765. The molecule has 1 aliphatic rings. The van der Waals surface area contributed by atoms with Crippen molar-refractivity contribution in [2.45, 2.75) is 0 Å². The molecule has 8 nitrogen and oxygen atoms in total. The van der Waals surface area contributed by atoms with Crippen LogP contribution in [0.1, 0.15) is 5.56 Å². The Morgan fingerprint density at radius 3 is 2.65 bits per heavy atom. The maximum absolute atomic E-state index is 12.4. The number of benzene rings is 1. The van der Waals surface area contributed by atoms with Gasteiger partial charge in [0.1, 0.15) is 0 Å². The SMILES string of the molecule is COCCN1C(=O)S/C(=C/c2cc(OC)c(OCC(=O)O)cc2Br)C1=O. The van der Waals surface area contributed by atoms with Crippen LogP contribution in [-0.4, -0.2) is 61.1 Å². The van der Waals surface area contributed by atoms with Gasteiger partial charge in [-0.15, -0.1) is 0 Å². The van der Waals surface area contributed by atoms with Crippen molar-refractivity contribution in [3.05, 3.63) is 27.1 Å². The summed E-state index contributed by atoms with van der Waals surface area (Å²) in [6, 6.07) is 3.13. The van der Waals surface area contributed by atoms with Crippen molar-refractivity contribution in [2.75, 3.05) is 34.0 Å². The minimum Gasteiger partial charge on any atom is -0.493 e. The quantitative estimate of drug-likeness (QED) is 0.609. The Morgan fingerprint density at radius 1 is 1.31 bits per heavy atom. The van der Waals surface area contributed by atoms with E-state index in [1.165, 1.54) is 14.2 Å². The molecule has 2 amide bonds. The third-order valence-corrected chi connectivity index (χ3v) is 4.91. The normalized spacial score (nSPS) is 15.7. The largest absolute Gasteiger partial charge is 0.493 e. The average molecular weight is 446 g/mol. The van der Waals surface area contributed by atoms with E-state index in [-0.39, 0.29) is 29.0 Å². The molecule has 0 aromatic heterocycles. The summed E-state index contributed by atoms with van der Waals surface area (Å²) in [6.45, 7) is -0.0655. The smallest absolute Gasteiger partial charge is 0.341 e. The van der Waals surface area contributed by atoms with Crippen LogP contribution in [0.3, 0.4) is 0 Å². The Kier molecular flexibility index (Phi) is 7.06. The van der Waals surface area contributed by atoms with Crippen LogP contribution in [0, 0.1) is 0 Å². The molecule has 0 atom stereocenters. The molecule has 0 spiro atoms. The van der Waals surface area contributed by atoms with Crippen LogP contribution in [0.5, 0.6) is 11.5 Å². The van der Waals surface area contributed by atoms with Gasteiger partial charge in [-0.1, -0.05) is 15.9 Å². The molecule has 1 aromatic carbocycles. The van der Waals surface area contributed by atoms with Gasteiger partial charge in [0, 0.05) is 11.6 Å². The van der Waals surface area contributed by atoms with Crippen molar-refractivity contribution in [2.24, 2.45) is 0 Å². The van der Waals surface area contributed by atoms with Gasteiger partial charge in [0.25, 0.3) is 11.1 Å². The van der Waals surface area contributed by atoms with E-state index in [1.807, 2.05) is 0 Å².